The van der Waals surface area contributed by atoms with E-state index in [4.69, 9.17) is 11.6 Å². The number of hydrogen-bond donors (Lipinski definition) is 1. The number of alkyl halides is 1. The van der Waals surface area contributed by atoms with Gasteiger partial charge in [0.1, 0.15) is 0 Å². The smallest absolute Gasteiger partial charge is 0.233 e. The second-order valence-corrected chi connectivity index (χ2v) is 6.99. The molecule has 0 aromatic rings. The number of rotatable bonds is 4. The van der Waals surface area contributed by atoms with Crippen LogP contribution in [0.3, 0.4) is 0 Å². The SMILES string of the molecule is O=C(NCC1(CCl)CCCC1)C1CCCCS1. The molecule has 0 radical (unpaired) electrons. The van der Waals surface area contributed by atoms with Gasteiger partial charge < -0.3 is 5.32 Å². The summed E-state index contributed by atoms with van der Waals surface area (Å²) < 4.78 is 0. The predicted molar refractivity (Wildman–Crippen MR) is 74.7 cm³/mol. The zero-order chi connectivity index (χ0) is 12.1. The van der Waals surface area contributed by atoms with Crippen LogP contribution in [0.25, 0.3) is 0 Å². The van der Waals surface area contributed by atoms with Crippen molar-refractivity contribution in [3.8, 4) is 0 Å². The minimum absolute atomic E-state index is 0.191. The van der Waals surface area contributed by atoms with Crippen LogP contribution in [0.5, 0.6) is 0 Å². The molecule has 1 N–H and O–H groups in total. The average Bonchev–Trinajstić information content (AvgIpc) is 2.86. The van der Waals surface area contributed by atoms with Crippen LogP contribution in [0.4, 0.5) is 0 Å². The van der Waals surface area contributed by atoms with Crippen LogP contribution in [0, 0.1) is 5.41 Å². The molecule has 2 nitrogen and oxygen atoms in total. The highest BCUT2D eigenvalue weighted by molar-refractivity contribution is 8.00. The van der Waals surface area contributed by atoms with Crippen molar-refractivity contribution in [2.45, 2.75) is 50.2 Å². The number of hydrogen-bond acceptors (Lipinski definition) is 2. The van der Waals surface area contributed by atoms with E-state index in [9.17, 15) is 4.79 Å². The summed E-state index contributed by atoms with van der Waals surface area (Å²) in [7, 11) is 0. The van der Waals surface area contributed by atoms with Gasteiger partial charge in [-0.15, -0.1) is 23.4 Å². The summed E-state index contributed by atoms with van der Waals surface area (Å²) in [5.74, 6) is 2.06. The third-order valence-electron chi connectivity index (χ3n) is 4.06. The van der Waals surface area contributed by atoms with Gasteiger partial charge in [-0.25, -0.2) is 0 Å². The first-order valence-electron chi connectivity index (χ1n) is 6.71. The van der Waals surface area contributed by atoms with Gasteiger partial charge in [0.05, 0.1) is 5.25 Å². The lowest BCUT2D eigenvalue weighted by molar-refractivity contribution is -0.121. The van der Waals surface area contributed by atoms with E-state index in [1.54, 1.807) is 0 Å². The Morgan fingerprint density at radius 2 is 2.06 bits per heavy atom. The number of thioether (sulfide) groups is 1. The Morgan fingerprint density at radius 1 is 1.29 bits per heavy atom. The van der Waals surface area contributed by atoms with Crippen molar-refractivity contribution in [3.05, 3.63) is 0 Å². The number of halogens is 1. The summed E-state index contributed by atoms with van der Waals surface area (Å²) in [6.07, 6.45) is 8.39. The molecule has 1 heterocycles. The molecule has 17 heavy (non-hydrogen) atoms. The molecule has 1 aliphatic carbocycles. The van der Waals surface area contributed by atoms with Crippen LogP contribution in [-0.2, 0) is 4.79 Å². The van der Waals surface area contributed by atoms with Gasteiger partial charge in [0, 0.05) is 17.8 Å². The predicted octanol–water partition coefficient (Wildman–Crippen LogP) is 3.19. The van der Waals surface area contributed by atoms with Crippen LogP contribution < -0.4 is 5.32 Å². The van der Waals surface area contributed by atoms with E-state index in [0.29, 0.717) is 5.88 Å². The van der Waals surface area contributed by atoms with Gasteiger partial charge in [-0.2, -0.15) is 0 Å². The van der Waals surface area contributed by atoms with Crippen LogP contribution in [0.2, 0.25) is 0 Å². The molecule has 1 atom stereocenters. The van der Waals surface area contributed by atoms with Crippen molar-refractivity contribution in [1.82, 2.24) is 5.32 Å². The number of nitrogens with one attached hydrogen (secondary N) is 1. The second-order valence-electron chi connectivity index (χ2n) is 5.41. The molecule has 0 spiro atoms. The molecule has 4 heteroatoms. The Morgan fingerprint density at radius 3 is 2.65 bits per heavy atom. The fraction of sp³-hybridized carbons (Fsp3) is 0.923. The lowest BCUT2D eigenvalue weighted by Gasteiger charge is -2.28. The van der Waals surface area contributed by atoms with Crippen molar-refractivity contribution in [3.63, 3.8) is 0 Å². The van der Waals surface area contributed by atoms with Gasteiger partial charge in [0.2, 0.25) is 5.91 Å². The summed E-state index contributed by atoms with van der Waals surface area (Å²) >= 11 is 7.89. The number of carbonyl (C=O) groups excluding carboxylic acids is 1. The maximum absolute atomic E-state index is 12.0. The van der Waals surface area contributed by atoms with Crippen LogP contribution in [0.15, 0.2) is 0 Å². The third kappa shape index (κ3) is 3.54. The first kappa shape index (κ1) is 13.5. The molecule has 0 bridgehead atoms. The molecule has 2 aliphatic rings. The van der Waals surface area contributed by atoms with Gasteiger partial charge in [-0.3, -0.25) is 4.79 Å². The summed E-state index contributed by atoms with van der Waals surface area (Å²) in [6.45, 7) is 0.784. The summed E-state index contributed by atoms with van der Waals surface area (Å²) in [6, 6.07) is 0. The Hall–Kier alpha value is 0.110. The Labute approximate surface area is 113 Å². The molecule has 2 fully saturated rings. The summed E-state index contributed by atoms with van der Waals surface area (Å²) in [5, 5.41) is 3.33. The molecule has 1 saturated heterocycles. The second kappa shape index (κ2) is 6.33. The lowest BCUT2D eigenvalue weighted by atomic mass is 9.88. The van der Waals surface area contributed by atoms with Gasteiger partial charge in [0.25, 0.3) is 0 Å². The van der Waals surface area contributed by atoms with Crippen molar-refractivity contribution < 1.29 is 4.79 Å². The average molecular weight is 276 g/mol. The third-order valence-corrected chi connectivity index (χ3v) is 6.00. The Bertz CT molecular complexity index is 260. The van der Waals surface area contributed by atoms with Gasteiger partial charge in [0.15, 0.2) is 0 Å². The zero-order valence-corrected chi connectivity index (χ0v) is 11.9. The summed E-state index contributed by atoms with van der Waals surface area (Å²) in [5.41, 5.74) is 0.191. The minimum Gasteiger partial charge on any atom is -0.355 e. The number of amides is 1. The normalized spacial score (nSPS) is 27.9. The van der Waals surface area contributed by atoms with Crippen LogP contribution in [0.1, 0.15) is 44.9 Å². The van der Waals surface area contributed by atoms with E-state index in [-0.39, 0.29) is 16.6 Å². The lowest BCUT2D eigenvalue weighted by Crippen LogP contribution is -2.41. The van der Waals surface area contributed by atoms with Crippen LogP contribution >= 0.6 is 23.4 Å². The van der Waals surface area contributed by atoms with Crippen molar-refractivity contribution in [2.75, 3.05) is 18.2 Å². The highest BCUT2D eigenvalue weighted by Gasteiger charge is 2.34. The molecule has 1 aliphatic heterocycles. The van der Waals surface area contributed by atoms with Crippen molar-refractivity contribution in [1.29, 1.82) is 0 Å². The van der Waals surface area contributed by atoms with Crippen LogP contribution in [-0.4, -0.2) is 29.3 Å². The van der Waals surface area contributed by atoms with Gasteiger partial charge >= 0.3 is 0 Å². The first-order chi connectivity index (χ1) is 8.26. The van der Waals surface area contributed by atoms with E-state index >= 15 is 0 Å². The van der Waals surface area contributed by atoms with E-state index in [2.05, 4.69) is 5.32 Å². The Kier molecular flexibility index (Phi) is 5.04. The fourth-order valence-corrected chi connectivity index (χ4v) is 4.40. The standard InChI is InChI=1S/C13H22ClNOS/c14-9-13(6-2-3-7-13)10-15-12(16)11-5-1-4-8-17-11/h11H,1-10H2,(H,15,16). The Balaban J connectivity index is 1.78. The molecular weight excluding hydrogens is 254 g/mol. The monoisotopic (exact) mass is 275 g/mol. The molecule has 2 rings (SSSR count). The molecule has 98 valence electrons. The highest BCUT2D eigenvalue weighted by atomic mass is 35.5. The molecule has 1 amide bonds. The molecule has 0 aromatic carbocycles. The van der Waals surface area contributed by atoms with Crippen molar-refractivity contribution >= 4 is 29.3 Å². The topological polar surface area (TPSA) is 29.1 Å². The molecular formula is C13H22ClNOS. The number of carbonyl (C=O) groups is 1. The van der Waals surface area contributed by atoms with E-state index in [1.165, 1.54) is 38.5 Å². The van der Waals surface area contributed by atoms with Crippen molar-refractivity contribution in [2.24, 2.45) is 5.41 Å². The fourth-order valence-electron chi connectivity index (χ4n) is 2.82. The maximum Gasteiger partial charge on any atom is 0.233 e. The largest absolute Gasteiger partial charge is 0.355 e. The zero-order valence-electron chi connectivity index (χ0n) is 10.3. The van der Waals surface area contributed by atoms with Gasteiger partial charge in [-0.05, 0) is 31.4 Å². The maximum atomic E-state index is 12.0. The molecule has 0 aromatic heterocycles. The van der Waals surface area contributed by atoms with E-state index in [1.807, 2.05) is 11.8 Å². The quantitative estimate of drug-likeness (QED) is 0.799. The minimum atomic E-state index is 0.191. The van der Waals surface area contributed by atoms with E-state index in [0.717, 1.165) is 18.7 Å². The first-order valence-corrected chi connectivity index (χ1v) is 8.29. The molecule has 1 saturated carbocycles. The summed E-state index contributed by atoms with van der Waals surface area (Å²) in [4.78, 5) is 12.0. The van der Waals surface area contributed by atoms with Gasteiger partial charge in [-0.1, -0.05) is 19.3 Å². The molecule has 1 unspecified atom stereocenters. The van der Waals surface area contributed by atoms with E-state index < -0.39 is 0 Å². The highest BCUT2D eigenvalue weighted by Crippen LogP contribution is 2.38.